The van der Waals surface area contributed by atoms with Crippen molar-refractivity contribution >= 4 is 28.2 Å². The number of aliphatic hydroxyl groups excluding tert-OH is 1. The summed E-state index contributed by atoms with van der Waals surface area (Å²) in [4.78, 5) is 27.1. The maximum atomic E-state index is 13.7. The molecule has 30 heavy (non-hydrogen) atoms. The van der Waals surface area contributed by atoms with Gasteiger partial charge in [0.25, 0.3) is 0 Å². The molecule has 1 fully saturated rings. The topological polar surface area (TPSA) is 77.8 Å². The van der Waals surface area contributed by atoms with E-state index in [4.69, 9.17) is 0 Å². The zero-order valence-electron chi connectivity index (χ0n) is 17.1. The predicted molar refractivity (Wildman–Crippen MR) is 112 cm³/mol. The Hall–Kier alpha value is -2.32. The number of hydrogen-bond donors (Lipinski definition) is 2. The third kappa shape index (κ3) is 4.39. The molecule has 1 aliphatic rings. The van der Waals surface area contributed by atoms with Crippen LogP contribution in [0.2, 0.25) is 0 Å². The van der Waals surface area contributed by atoms with E-state index in [2.05, 4.69) is 0 Å². The fourth-order valence-electron chi connectivity index (χ4n) is 3.91. The van der Waals surface area contributed by atoms with Gasteiger partial charge in [-0.1, -0.05) is 13.0 Å². The molecular weight excluding hydrogens is 412 g/mol. The van der Waals surface area contributed by atoms with E-state index in [1.54, 1.807) is 13.8 Å². The number of carboxylic acids is 1. The van der Waals surface area contributed by atoms with Gasteiger partial charge in [0.05, 0.1) is 17.6 Å². The Balaban J connectivity index is 2.03. The molecule has 0 spiro atoms. The number of hydrogen-bond acceptors (Lipinski definition) is 4. The zero-order valence-corrected chi connectivity index (χ0v) is 17.9. The standard InChI is InChI=1S/C22H25F2NO4S/c1-11(2)25(20(27)14-6-4-12(3)8-18(14)26)21-15(22(28)29)10-19(30-21)13-5-7-16(23)17(24)9-13/h5,7,9-12,14,18,26H,4,6,8H2,1-3H3,(H,28,29)/t12-,14-,18+/m1/s1. The van der Waals surface area contributed by atoms with Crippen LogP contribution in [-0.4, -0.2) is 34.2 Å². The largest absolute Gasteiger partial charge is 0.478 e. The number of carboxylic acid groups (broad SMARTS) is 1. The molecule has 0 unspecified atom stereocenters. The number of rotatable bonds is 5. The van der Waals surface area contributed by atoms with Crippen LogP contribution in [0.15, 0.2) is 24.3 Å². The zero-order chi connectivity index (χ0) is 22.2. The first-order chi connectivity index (χ1) is 14.1. The molecule has 1 saturated carbocycles. The van der Waals surface area contributed by atoms with E-state index in [1.165, 1.54) is 17.0 Å². The minimum Gasteiger partial charge on any atom is -0.478 e. The lowest BCUT2D eigenvalue weighted by Gasteiger charge is -2.35. The number of halogens is 2. The number of aromatic carboxylic acids is 1. The van der Waals surface area contributed by atoms with Crippen LogP contribution in [0, 0.1) is 23.5 Å². The minimum absolute atomic E-state index is 0.0829. The second-order valence-corrected chi connectivity index (χ2v) is 9.19. The second kappa shape index (κ2) is 8.81. The number of anilines is 1. The van der Waals surface area contributed by atoms with Crippen LogP contribution >= 0.6 is 11.3 Å². The molecular formula is C22H25F2NO4S. The average molecular weight is 438 g/mol. The highest BCUT2D eigenvalue weighted by atomic mass is 32.1. The second-order valence-electron chi connectivity index (χ2n) is 8.16. The highest BCUT2D eigenvalue weighted by molar-refractivity contribution is 7.20. The lowest BCUT2D eigenvalue weighted by molar-refractivity contribution is -0.128. The number of amides is 1. The van der Waals surface area contributed by atoms with Gasteiger partial charge in [-0.25, -0.2) is 13.6 Å². The lowest BCUT2D eigenvalue weighted by Crippen LogP contribution is -2.46. The van der Waals surface area contributed by atoms with Crippen molar-refractivity contribution in [3.8, 4) is 10.4 Å². The van der Waals surface area contributed by atoms with Gasteiger partial charge in [0, 0.05) is 10.9 Å². The van der Waals surface area contributed by atoms with Crippen molar-refractivity contribution in [2.75, 3.05) is 4.90 Å². The molecule has 2 N–H and O–H groups in total. The van der Waals surface area contributed by atoms with E-state index >= 15 is 0 Å². The van der Waals surface area contributed by atoms with Gasteiger partial charge >= 0.3 is 5.97 Å². The summed E-state index contributed by atoms with van der Waals surface area (Å²) in [6.45, 7) is 5.58. The molecule has 3 rings (SSSR count). The molecule has 1 amide bonds. The van der Waals surface area contributed by atoms with Crippen LogP contribution in [0.1, 0.15) is 50.4 Å². The Morgan fingerprint density at radius 3 is 2.43 bits per heavy atom. The summed E-state index contributed by atoms with van der Waals surface area (Å²) in [6.07, 6.45) is 1.10. The van der Waals surface area contributed by atoms with Crippen LogP contribution in [0.4, 0.5) is 13.8 Å². The highest BCUT2D eigenvalue weighted by Crippen LogP contribution is 2.41. The van der Waals surface area contributed by atoms with Gasteiger partial charge in [0.2, 0.25) is 5.91 Å². The minimum atomic E-state index is -1.22. The van der Waals surface area contributed by atoms with E-state index in [0.29, 0.717) is 29.2 Å². The maximum Gasteiger partial charge on any atom is 0.338 e. The first-order valence-electron chi connectivity index (χ1n) is 9.93. The Morgan fingerprint density at radius 1 is 1.17 bits per heavy atom. The van der Waals surface area contributed by atoms with E-state index in [1.807, 2.05) is 6.92 Å². The number of carbonyl (C=O) groups excluding carboxylic acids is 1. The number of carbonyl (C=O) groups is 2. The molecule has 1 heterocycles. The van der Waals surface area contributed by atoms with E-state index in [9.17, 15) is 28.6 Å². The maximum absolute atomic E-state index is 13.7. The Kier molecular flexibility index (Phi) is 6.57. The van der Waals surface area contributed by atoms with Crippen molar-refractivity contribution in [3.05, 3.63) is 41.5 Å². The summed E-state index contributed by atoms with van der Waals surface area (Å²) >= 11 is 1.04. The molecule has 2 aromatic rings. The number of nitrogens with zero attached hydrogens (tertiary/aromatic N) is 1. The number of thiophene rings is 1. The summed E-state index contributed by atoms with van der Waals surface area (Å²) in [5, 5.41) is 20.4. The molecule has 162 valence electrons. The van der Waals surface area contributed by atoms with E-state index < -0.39 is 29.6 Å². The van der Waals surface area contributed by atoms with Crippen molar-refractivity contribution in [1.29, 1.82) is 0 Å². The van der Waals surface area contributed by atoms with Gasteiger partial charge < -0.3 is 15.1 Å². The molecule has 0 saturated heterocycles. The first-order valence-corrected chi connectivity index (χ1v) is 10.8. The fraction of sp³-hybridized carbons (Fsp3) is 0.455. The Labute approximate surface area is 178 Å². The third-order valence-corrected chi connectivity index (χ3v) is 6.70. The molecule has 5 nitrogen and oxygen atoms in total. The summed E-state index contributed by atoms with van der Waals surface area (Å²) < 4.78 is 27.0. The van der Waals surface area contributed by atoms with Gasteiger partial charge in [-0.2, -0.15) is 0 Å². The van der Waals surface area contributed by atoms with E-state index in [0.717, 1.165) is 29.9 Å². The predicted octanol–water partition coefficient (Wildman–Crippen LogP) is 4.93. The van der Waals surface area contributed by atoms with Gasteiger partial charge in [-0.15, -0.1) is 11.3 Å². The van der Waals surface area contributed by atoms with Crippen LogP contribution in [-0.2, 0) is 4.79 Å². The van der Waals surface area contributed by atoms with Gasteiger partial charge in [-0.3, -0.25) is 4.79 Å². The SMILES string of the molecule is CC(C)N(C(=O)[C@@H]1CC[C@@H](C)C[C@@H]1O)c1sc(-c2ccc(F)c(F)c2)cc1C(=O)O. The highest BCUT2D eigenvalue weighted by Gasteiger charge is 2.38. The molecule has 1 aliphatic carbocycles. The van der Waals surface area contributed by atoms with Crippen LogP contribution in [0.3, 0.4) is 0 Å². The third-order valence-electron chi connectivity index (χ3n) is 5.52. The van der Waals surface area contributed by atoms with Crippen LogP contribution in [0.25, 0.3) is 10.4 Å². The van der Waals surface area contributed by atoms with Gasteiger partial charge in [-0.05, 0) is 62.8 Å². The molecule has 3 atom stereocenters. The van der Waals surface area contributed by atoms with Crippen molar-refractivity contribution in [2.24, 2.45) is 11.8 Å². The van der Waals surface area contributed by atoms with Gasteiger partial charge in [0.1, 0.15) is 5.00 Å². The van der Waals surface area contributed by atoms with Crippen molar-refractivity contribution in [2.45, 2.75) is 52.2 Å². The van der Waals surface area contributed by atoms with E-state index in [-0.39, 0.29) is 22.5 Å². The summed E-state index contributed by atoms with van der Waals surface area (Å²) in [5.41, 5.74) is 0.246. The number of benzene rings is 1. The van der Waals surface area contributed by atoms with Crippen LogP contribution in [0.5, 0.6) is 0 Å². The Bertz CT molecular complexity index is 959. The Morgan fingerprint density at radius 2 is 1.87 bits per heavy atom. The van der Waals surface area contributed by atoms with Crippen molar-refractivity contribution < 1.29 is 28.6 Å². The quantitative estimate of drug-likeness (QED) is 0.695. The average Bonchev–Trinajstić information content (AvgIpc) is 3.08. The molecule has 0 bridgehead atoms. The fourth-order valence-corrected chi connectivity index (χ4v) is 5.20. The van der Waals surface area contributed by atoms with Crippen LogP contribution < -0.4 is 4.90 Å². The van der Waals surface area contributed by atoms with Crippen molar-refractivity contribution in [1.82, 2.24) is 0 Å². The molecule has 0 radical (unpaired) electrons. The molecule has 0 aliphatic heterocycles. The smallest absolute Gasteiger partial charge is 0.338 e. The summed E-state index contributed by atoms with van der Waals surface area (Å²) in [5.74, 6) is -3.83. The molecule has 8 heteroatoms. The first kappa shape index (κ1) is 22.4. The molecule has 1 aromatic heterocycles. The lowest BCUT2D eigenvalue weighted by atomic mass is 9.80. The van der Waals surface area contributed by atoms with Gasteiger partial charge in [0.15, 0.2) is 11.6 Å². The summed E-state index contributed by atoms with van der Waals surface area (Å²) in [6, 6.07) is 4.38. The van der Waals surface area contributed by atoms with Crippen molar-refractivity contribution in [3.63, 3.8) is 0 Å². The summed E-state index contributed by atoms with van der Waals surface area (Å²) in [7, 11) is 0. The number of aliphatic hydroxyl groups is 1. The molecule has 1 aromatic carbocycles. The monoisotopic (exact) mass is 437 g/mol. The normalized spacial score (nSPS) is 21.6.